The van der Waals surface area contributed by atoms with Crippen molar-refractivity contribution >= 4 is 21.6 Å². The maximum atomic E-state index is 12.3. The van der Waals surface area contributed by atoms with E-state index in [0.29, 0.717) is 0 Å². The third-order valence-electron chi connectivity index (χ3n) is 2.24. The van der Waals surface area contributed by atoms with E-state index in [1.54, 1.807) is 29.5 Å². The number of phenols is 1. The number of aromatic nitrogens is 1. The Labute approximate surface area is 103 Å². The first kappa shape index (κ1) is 11.8. The zero-order valence-corrected chi connectivity index (χ0v) is 10.0. The van der Waals surface area contributed by atoms with E-state index in [1.807, 2.05) is 6.07 Å². The Morgan fingerprint density at radius 1 is 1.53 bits per heavy atom. The molecule has 2 rings (SSSR count). The molecule has 0 atom stereocenters. The summed E-state index contributed by atoms with van der Waals surface area (Å²) in [7, 11) is 0. The van der Waals surface area contributed by atoms with Crippen LogP contribution in [0.15, 0.2) is 42.8 Å². The fourth-order valence-corrected chi connectivity index (χ4v) is 2.45. The molecule has 1 heterocycles. The van der Waals surface area contributed by atoms with E-state index in [9.17, 15) is 9.50 Å². The molecule has 88 valence electrons. The van der Waals surface area contributed by atoms with Crippen molar-refractivity contribution in [1.29, 1.82) is 0 Å². The molecule has 0 unspecified atom stereocenters. The van der Waals surface area contributed by atoms with Crippen LogP contribution < -0.4 is 0 Å². The molecule has 0 radical (unpaired) electrons. The minimum absolute atomic E-state index is 0.225. The highest BCUT2D eigenvalue weighted by molar-refractivity contribution is 7.18. The van der Waals surface area contributed by atoms with Gasteiger partial charge in [-0.3, -0.25) is 0 Å². The van der Waals surface area contributed by atoms with Crippen molar-refractivity contribution in [1.82, 2.24) is 4.98 Å². The first-order chi connectivity index (χ1) is 8.15. The predicted molar refractivity (Wildman–Crippen MR) is 69.0 cm³/mol. The molecule has 17 heavy (non-hydrogen) atoms. The maximum absolute atomic E-state index is 12.3. The van der Waals surface area contributed by atoms with E-state index in [1.165, 1.54) is 6.08 Å². The summed E-state index contributed by atoms with van der Waals surface area (Å²) in [4.78, 5) is 4.40. The van der Waals surface area contributed by atoms with Gasteiger partial charge < -0.3 is 5.11 Å². The van der Waals surface area contributed by atoms with Crippen LogP contribution in [0.4, 0.5) is 4.39 Å². The highest BCUT2D eigenvalue weighted by Crippen LogP contribution is 2.26. The standard InChI is InChI=1S/C13H12FNOS/c1-9(14)4-2-3-5-13-15-11-8-10(16)6-7-12(11)17-13/h2,4,6-8,16H,1,3,5H2. The summed E-state index contributed by atoms with van der Waals surface area (Å²) in [6.45, 7) is 3.15. The second-order valence-electron chi connectivity index (χ2n) is 3.65. The average Bonchev–Trinajstić information content (AvgIpc) is 2.66. The Morgan fingerprint density at radius 2 is 2.35 bits per heavy atom. The number of benzene rings is 1. The Hall–Kier alpha value is -1.68. The summed E-state index contributed by atoms with van der Waals surface area (Å²) in [5.74, 6) is -0.206. The Balaban J connectivity index is 2.07. The third-order valence-corrected chi connectivity index (χ3v) is 3.34. The molecule has 0 fully saturated rings. The Kier molecular flexibility index (Phi) is 3.54. The summed E-state index contributed by atoms with van der Waals surface area (Å²) in [5, 5.41) is 10.3. The van der Waals surface area contributed by atoms with Crippen LogP contribution in [0.25, 0.3) is 10.2 Å². The van der Waals surface area contributed by atoms with Crippen LogP contribution in [0, 0.1) is 0 Å². The molecule has 0 amide bonds. The Bertz CT molecular complexity index is 574. The lowest BCUT2D eigenvalue weighted by molar-refractivity contribution is 0.476. The zero-order valence-electron chi connectivity index (χ0n) is 9.19. The van der Waals surface area contributed by atoms with Crippen molar-refractivity contribution in [2.24, 2.45) is 0 Å². The first-order valence-electron chi connectivity index (χ1n) is 5.24. The summed E-state index contributed by atoms with van der Waals surface area (Å²) in [6, 6.07) is 5.15. The molecular formula is C13H12FNOS. The van der Waals surface area contributed by atoms with Crippen molar-refractivity contribution < 1.29 is 9.50 Å². The average molecular weight is 249 g/mol. The fourth-order valence-electron chi connectivity index (χ4n) is 1.49. The lowest BCUT2D eigenvalue weighted by Crippen LogP contribution is -1.80. The van der Waals surface area contributed by atoms with Crippen LogP contribution in [0.5, 0.6) is 5.75 Å². The minimum Gasteiger partial charge on any atom is -0.508 e. The van der Waals surface area contributed by atoms with Crippen LogP contribution in [-0.4, -0.2) is 10.1 Å². The number of hydrogen-bond acceptors (Lipinski definition) is 3. The number of phenolic OH excluding ortho intramolecular Hbond substituents is 1. The van der Waals surface area contributed by atoms with Gasteiger partial charge in [0.2, 0.25) is 0 Å². The van der Waals surface area contributed by atoms with Gasteiger partial charge in [0.1, 0.15) is 11.6 Å². The molecule has 0 saturated heterocycles. The minimum atomic E-state index is -0.431. The number of fused-ring (bicyclic) bond motifs is 1. The monoisotopic (exact) mass is 249 g/mol. The molecule has 0 aliphatic carbocycles. The lowest BCUT2D eigenvalue weighted by Gasteiger charge is -1.89. The van der Waals surface area contributed by atoms with E-state index < -0.39 is 5.83 Å². The summed E-state index contributed by atoms with van der Waals surface area (Å²) < 4.78 is 13.4. The van der Waals surface area contributed by atoms with Gasteiger partial charge in [-0.05, 0) is 24.6 Å². The van der Waals surface area contributed by atoms with Crippen LogP contribution in [-0.2, 0) is 6.42 Å². The van der Waals surface area contributed by atoms with Gasteiger partial charge in [-0.25, -0.2) is 9.37 Å². The highest BCUT2D eigenvalue weighted by Gasteiger charge is 2.03. The zero-order chi connectivity index (χ0) is 12.3. The van der Waals surface area contributed by atoms with Gasteiger partial charge in [-0.2, -0.15) is 0 Å². The van der Waals surface area contributed by atoms with Crippen molar-refractivity contribution in [2.45, 2.75) is 12.8 Å². The largest absolute Gasteiger partial charge is 0.508 e. The van der Waals surface area contributed by atoms with Gasteiger partial charge in [0.15, 0.2) is 0 Å². The van der Waals surface area contributed by atoms with Crippen molar-refractivity contribution in [3.8, 4) is 5.75 Å². The molecule has 4 heteroatoms. The first-order valence-corrected chi connectivity index (χ1v) is 6.06. The summed E-state index contributed by atoms with van der Waals surface area (Å²) in [5.41, 5.74) is 0.809. The van der Waals surface area contributed by atoms with Crippen molar-refractivity contribution in [2.75, 3.05) is 0 Å². The third kappa shape index (κ3) is 3.14. The normalized spacial score (nSPS) is 11.4. The van der Waals surface area contributed by atoms with Crippen LogP contribution in [0.1, 0.15) is 11.4 Å². The topological polar surface area (TPSA) is 33.1 Å². The quantitative estimate of drug-likeness (QED) is 0.831. The molecule has 2 nitrogen and oxygen atoms in total. The van der Waals surface area contributed by atoms with E-state index in [0.717, 1.165) is 28.1 Å². The van der Waals surface area contributed by atoms with Gasteiger partial charge in [0, 0.05) is 12.5 Å². The number of rotatable bonds is 4. The maximum Gasteiger partial charge on any atom is 0.117 e. The second kappa shape index (κ2) is 5.10. The van der Waals surface area contributed by atoms with E-state index in [2.05, 4.69) is 11.6 Å². The van der Waals surface area contributed by atoms with Crippen molar-refractivity contribution in [3.63, 3.8) is 0 Å². The van der Waals surface area contributed by atoms with Gasteiger partial charge >= 0.3 is 0 Å². The predicted octanol–water partition coefficient (Wildman–Crippen LogP) is 3.97. The van der Waals surface area contributed by atoms with E-state index in [-0.39, 0.29) is 5.75 Å². The molecule has 1 aromatic carbocycles. The SMILES string of the molecule is C=C(F)C=CCCc1nc2cc(O)ccc2s1. The molecular weight excluding hydrogens is 237 g/mol. The lowest BCUT2D eigenvalue weighted by atomic mass is 10.3. The van der Waals surface area contributed by atoms with Crippen LogP contribution >= 0.6 is 11.3 Å². The number of allylic oxidation sites excluding steroid dienone is 3. The second-order valence-corrected chi connectivity index (χ2v) is 4.76. The van der Waals surface area contributed by atoms with Crippen LogP contribution in [0.3, 0.4) is 0 Å². The van der Waals surface area contributed by atoms with Crippen LogP contribution in [0.2, 0.25) is 0 Å². The van der Waals surface area contributed by atoms with Gasteiger partial charge in [-0.15, -0.1) is 11.3 Å². The fraction of sp³-hybridized carbons (Fsp3) is 0.154. The number of aromatic hydroxyl groups is 1. The number of halogens is 1. The Morgan fingerprint density at radius 3 is 3.12 bits per heavy atom. The van der Waals surface area contributed by atoms with E-state index in [4.69, 9.17) is 0 Å². The summed E-state index contributed by atoms with van der Waals surface area (Å²) in [6.07, 6.45) is 4.60. The van der Waals surface area contributed by atoms with Gasteiger partial charge in [0.05, 0.1) is 15.2 Å². The molecule has 0 aliphatic heterocycles. The number of aryl methyl sites for hydroxylation is 1. The number of nitrogens with zero attached hydrogens (tertiary/aromatic N) is 1. The van der Waals surface area contributed by atoms with E-state index >= 15 is 0 Å². The van der Waals surface area contributed by atoms with Gasteiger partial charge in [-0.1, -0.05) is 12.7 Å². The summed E-state index contributed by atoms with van der Waals surface area (Å²) >= 11 is 1.59. The number of hydrogen-bond donors (Lipinski definition) is 1. The molecule has 0 bridgehead atoms. The molecule has 2 aromatic rings. The molecule has 0 saturated carbocycles. The smallest absolute Gasteiger partial charge is 0.117 e. The molecule has 0 aliphatic rings. The highest BCUT2D eigenvalue weighted by atomic mass is 32.1. The molecule has 1 aromatic heterocycles. The molecule has 0 spiro atoms. The molecule has 1 N–H and O–H groups in total. The number of thiazole rings is 1. The van der Waals surface area contributed by atoms with Gasteiger partial charge in [0.25, 0.3) is 0 Å². The van der Waals surface area contributed by atoms with Crippen molar-refractivity contribution in [3.05, 3.63) is 47.8 Å².